The number of aromatic amines is 1. The van der Waals surface area contributed by atoms with Gasteiger partial charge in [-0.3, -0.25) is 4.98 Å². The highest BCUT2D eigenvalue weighted by molar-refractivity contribution is 7.08. The third kappa shape index (κ3) is 3.50. The molecule has 0 saturated carbocycles. The Balaban J connectivity index is 1.51. The van der Waals surface area contributed by atoms with Crippen LogP contribution in [0.4, 0.5) is 0 Å². The summed E-state index contributed by atoms with van der Waals surface area (Å²) in [5, 5.41) is 8.95. The van der Waals surface area contributed by atoms with E-state index in [9.17, 15) is 0 Å². The number of fused-ring (bicyclic) bond motifs is 1. The topological polar surface area (TPSA) is 40.7 Å². The fourth-order valence-corrected chi connectivity index (χ4v) is 5.36. The Kier molecular flexibility index (Phi) is 4.94. The number of pyridine rings is 1. The molecule has 1 fully saturated rings. The molecule has 3 nitrogen and oxygen atoms in total. The lowest BCUT2D eigenvalue weighted by molar-refractivity contribution is 0.306. The molecule has 1 aliphatic rings. The van der Waals surface area contributed by atoms with E-state index in [4.69, 9.17) is 11.6 Å². The average molecular weight is 422 g/mol. The van der Waals surface area contributed by atoms with Crippen LogP contribution in [-0.2, 0) is 4.87 Å². The minimum absolute atomic E-state index is 0.368. The number of nitrogens with zero attached hydrogens (tertiary/aromatic N) is 1. The Hall–Kier alpha value is -2.14. The van der Waals surface area contributed by atoms with Crippen LogP contribution in [0.5, 0.6) is 0 Å². The number of nitrogens with one attached hydrogen (secondary N) is 2. The van der Waals surface area contributed by atoms with Crippen LogP contribution in [0.25, 0.3) is 33.2 Å². The van der Waals surface area contributed by atoms with Crippen molar-refractivity contribution in [3.8, 4) is 22.3 Å². The molecule has 29 heavy (non-hydrogen) atoms. The maximum absolute atomic E-state index is 7.08. The van der Waals surface area contributed by atoms with Gasteiger partial charge in [0.05, 0.1) is 4.87 Å². The van der Waals surface area contributed by atoms with Gasteiger partial charge in [-0.05, 0) is 78.9 Å². The maximum atomic E-state index is 7.08. The van der Waals surface area contributed by atoms with Gasteiger partial charge < -0.3 is 10.3 Å². The van der Waals surface area contributed by atoms with Crippen LogP contribution in [-0.4, -0.2) is 23.1 Å². The van der Waals surface area contributed by atoms with Crippen LogP contribution < -0.4 is 5.32 Å². The van der Waals surface area contributed by atoms with E-state index in [-0.39, 0.29) is 4.87 Å². The number of alkyl halides is 1. The van der Waals surface area contributed by atoms with Crippen LogP contribution in [0, 0.1) is 5.92 Å². The first kappa shape index (κ1) is 18.9. The van der Waals surface area contributed by atoms with Gasteiger partial charge in [0.2, 0.25) is 0 Å². The van der Waals surface area contributed by atoms with Gasteiger partial charge in [-0.25, -0.2) is 0 Å². The molecule has 4 aromatic rings. The lowest BCUT2D eigenvalue weighted by Crippen LogP contribution is -2.39. The Labute approximate surface area is 180 Å². The van der Waals surface area contributed by atoms with E-state index < -0.39 is 0 Å². The second-order valence-electron chi connectivity index (χ2n) is 8.06. The molecular formula is C24H24ClN3S. The van der Waals surface area contributed by atoms with Crippen LogP contribution in [0.1, 0.15) is 25.3 Å². The zero-order valence-corrected chi connectivity index (χ0v) is 18.0. The summed E-state index contributed by atoms with van der Waals surface area (Å²) in [7, 11) is 0. The summed E-state index contributed by atoms with van der Waals surface area (Å²) < 4.78 is 0. The predicted octanol–water partition coefficient (Wildman–Crippen LogP) is 6.41. The van der Waals surface area contributed by atoms with Gasteiger partial charge >= 0.3 is 0 Å². The lowest BCUT2D eigenvalue weighted by Gasteiger charge is -2.35. The summed E-state index contributed by atoms with van der Waals surface area (Å²) in [5.41, 5.74) is 6.95. The first-order valence-corrected chi connectivity index (χ1v) is 11.4. The number of rotatable bonds is 4. The zero-order valence-electron chi connectivity index (χ0n) is 16.4. The van der Waals surface area contributed by atoms with Crippen molar-refractivity contribution in [3.05, 3.63) is 65.2 Å². The Morgan fingerprint density at radius 3 is 2.83 bits per heavy atom. The number of H-pyrrole nitrogens is 1. The van der Waals surface area contributed by atoms with Crippen molar-refractivity contribution in [1.29, 1.82) is 0 Å². The van der Waals surface area contributed by atoms with Gasteiger partial charge in [0.1, 0.15) is 0 Å². The Bertz CT molecular complexity index is 1120. The first-order valence-electron chi connectivity index (χ1n) is 10.1. The van der Waals surface area contributed by atoms with Crippen molar-refractivity contribution in [2.75, 3.05) is 13.1 Å². The van der Waals surface area contributed by atoms with Crippen LogP contribution in [0.2, 0.25) is 0 Å². The number of benzene rings is 1. The minimum atomic E-state index is -0.368. The van der Waals surface area contributed by atoms with E-state index in [0.29, 0.717) is 5.92 Å². The van der Waals surface area contributed by atoms with Crippen LogP contribution in [0.3, 0.4) is 0 Å². The summed E-state index contributed by atoms with van der Waals surface area (Å²) in [6, 6.07) is 11.0. The third-order valence-electron chi connectivity index (χ3n) is 6.21. The molecule has 1 aliphatic heterocycles. The molecule has 0 radical (unpaired) electrons. The Morgan fingerprint density at radius 2 is 2.03 bits per heavy atom. The average Bonchev–Trinajstić information content (AvgIpc) is 3.44. The molecule has 3 aromatic heterocycles. The molecule has 5 rings (SSSR count). The van der Waals surface area contributed by atoms with Crippen molar-refractivity contribution in [3.63, 3.8) is 0 Å². The summed E-state index contributed by atoms with van der Waals surface area (Å²) in [6.45, 7) is 4.24. The molecule has 1 saturated heterocycles. The summed E-state index contributed by atoms with van der Waals surface area (Å²) >= 11 is 8.78. The largest absolute Gasteiger partial charge is 0.361 e. The molecule has 2 unspecified atom stereocenters. The molecule has 1 aromatic carbocycles. The summed E-state index contributed by atoms with van der Waals surface area (Å²) in [6.07, 6.45) is 8.30. The zero-order chi connectivity index (χ0) is 19.8. The number of thiophene rings is 1. The molecular weight excluding hydrogens is 398 g/mol. The van der Waals surface area contributed by atoms with Gasteiger partial charge in [0, 0.05) is 46.2 Å². The fraction of sp³-hybridized carbons (Fsp3) is 0.292. The van der Waals surface area contributed by atoms with Gasteiger partial charge in [-0.2, -0.15) is 11.3 Å². The van der Waals surface area contributed by atoms with Gasteiger partial charge in [0.25, 0.3) is 0 Å². The molecule has 0 amide bonds. The van der Waals surface area contributed by atoms with Crippen LogP contribution >= 0.6 is 22.9 Å². The predicted molar refractivity (Wildman–Crippen MR) is 124 cm³/mol. The number of aromatic nitrogens is 2. The van der Waals surface area contributed by atoms with Gasteiger partial charge in [-0.15, -0.1) is 11.6 Å². The summed E-state index contributed by atoms with van der Waals surface area (Å²) in [5.74, 6) is 0.441. The fourth-order valence-electron chi connectivity index (χ4n) is 4.39. The highest BCUT2D eigenvalue weighted by Gasteiger charge is 2.34. The lowest BCUT2D eigenvalue weighted by atomic mass is 9.81. The molecule has 4 heterocycles. The highest BCUT2D eigenvalue weighted by atomic mass is 35.5. The van der Waals surface area contributed by atoms with E-state index in [1.54, 1.807) is 11.3 Å². The number of halogens is 1. The maximum Gasteiger partial charge on any atom is 0.0707 e. The summed E-state index contributed by atoms with van der Waals surface area (Å²) in [4.78, 5) is 7.57. The van der Waals surface area contributed by atoms with Crippen molar-refractivity contribution in [2.45, 2.75) is 24.6 Å². The van der Waals surface area contributed by atoms with Gasteiger partial charge in [-0.1, -0.05) is 12.1 Å². The second-order valence-corrected chi connectivity index (χ2v) is 9.62. The monoisotopic (exact) mass is 421 g/mol. The van der Waals surface area contributed by atoms with E-state index in [1.165, 1.54) is 34.9 Å². The normalized spacial score (nSPS) is 19.3. The smallest absolute Gasteiger partial charge is 0.0707 e. The number of piperidine rings is 1. The van der Waals surface area contributed by atoms with Gasteiger partial charge in [0.15, 0.2) is 0 Å². The molecule has 2 atom stereocenters. The van der Waals surface area contributed by atoms with E-state index in [1.807, 2.05) is 12.4 Å². The van der Waals surface area contributed by atoms with E-state index in [2.05, 4.69) is 69.5 Å². The molecule has 0 aliphatic carbocycles. The van der Waals surface area contributed by atoms with Crippen molar-refractivity contribution in [2.24, 2.45) is 5.92 Å². The molecule has 148 valence electrons. The van der Waals surface area contributed by atoms with Crippen LogP contribution in [0.15, 0.2) is 59.7 Å². The number of hydrogen-bond acceptors (Lipinski definition) is 3. The Morgan fingerprint density at radius 1 is 1.14 bits per heavy atom. The van der Waals surface area contributed by atoms with E-state index in [0.717, 1.165) is 29.7 Å². The molecule has 0 spiro atoms. The molecule has 5 heteroatoms. The van der Waals surface area contributed by atoms with Crippen molar-refractivity contribution >= 4 is 33.8 Å². The highest BCUT2D eigenvalue weighted by Crippen LogP contribution is 2.41. The number of hydrogen-bond donors (Lipinski definition) is 2. The van der Waals surface area contributed by atoms with E-state index >= 15 is 0 Å². The van der Waals surface area contributed by atoms with Crippen molar-refractivity contribution in [1.82, 2.24) is 15.3 Å². The standard InChI is InChI=1S/C24H24ClN3S/c1-24(25,20-3-2-7-26-13-20)19-4-5-21-22(14-28-23(21)10-19)18-9-17(11-27-12-18)16-6-8-29-15-16/h4-6,8-12,14-15,20,26,28H,2-3,7,13H2,1H3. The SMILES string of the molecule is CC(Cl)(c1ccc2c(-c3cncc(-c4ccsc4)c3)c[nH]c2c1)C1CCCNC1. The third-order valence-corrected chi connectivity index (χ3v) is 7.42. The minimum Gasteiger partial charge on any atom is -0.361 e. The first-order chi connectivity index (χ1) is 14.1. The molecule has 2 N–H and O–H groups in total. The van der Waals surface area contributed by atoms with Crippen molar-refractivity contribution < 1.29 is 0 Å². The quantitative estimate of drug-likeness (QED) is 0.373. The molecule has 0 bridgehead atoms. The second kappa shape index (κ2) is 7.60.